The molecule has 0 fully saturated rings. The molecule has 1 aromatic carbocycles. The summed E-state index contributed by atoms with van der Waals surface area (Å²) >= 11 is 0. The lowest BCUT2D eigenvalue weighted by Gasteiger charge is -2.10. The van der Waals surface area contributed by atoms with E-state index < -0.39 is 5.97 Å². The van der Waals surface area contributed by atoms with E-state index in [0.29, 0.717) is 5.69 Å². The second-order valence-electron chi connectivity index (χ2n) is 5.19. The maximum absolute atomic E-state index is 11.3. The monoisotopic (exact) mass is 308 g/mol. The van der Waals surface area contributed by atoms with E-state index in [1.807, 2.05) is 42.8 Å². The highest BCUT2D eigenvalue weighted by Crippen LogP contribution is 2.25. The zero-order valence-electron chi connectivity index (χ0n) is 12.8. The summed E-state index contributed by atoms with van der Waals surface area (Å²) in [4.78, 5) is 15.3. The van der Waals surface area contributed by atoms with Crippen LogP contribution in [0, 0.1) is 13.8 Å². The summed E-state index contributed by atoms with van der Waals surface area (Å²) < 4.78 is 1.83. The number of carbonyl (C=O) groups is 1. The maximum atomic E-state index is 11.3. The lowest BCUT2D eigenvalue weighted by atomic mass is 10.2. The van der Waals surface area contributed by atoms with Gasteiger partial charge in [0.15, 0.2) is 0 Å². The summed E-state index contributed by atoms with van der Waals surface area (Å²) in [6.45, 7) is 3.95. The lowest BCUT2D eigenvalue weighted by molar-refractivity contribution is 0.0698. The Morgan fingerprint density at radius 2 is 1.91 bits per heavy atom. The highest BCUT2D eigenvalue weighted by molar-refractivity contribution is 5.94. The zero-order chi connectivity index (χ0) is 16.4. The van der Waals surface area contributed by atoms with Crippen molar-refractivity contribution in [1.82, 2.24) is 14.8 Å². The average molecular weight is 308 g/mol. The van der Waals surface area contributed by atoms with Gasteiger partial charge in [0.25, 0.3) is 0 Å². The van der Waals surface area contributed by atoms with Gasteiger partial charge in [0.1, 0.15) is 0 Å². The van der Waals surface area contributed by atoms with Crippen molar-refractivity contribution in [3.63, 3.8) is 0 Å². The molecule has 2 N–H and O–H groups in total. The minimum Gasteiger partial charge on any atom is -0.478 e. The highest BCUT2D eigenvalue weighted by atomic mass is 16.4. The summed E-state index contributed by atoms with van der Waals surface area (Å²) in [6, 6.07) is 9.41. The van der Waals surface area contributed by atoms with Crippen molar-refractivity contribution in [1.29, 1.82) is 0 Å². The molecular formula is C17H16N4O2. The van der Waals surface area contributed by atoms with Crippen LogP contribution in [0.25, 0.3) is 5.69 Å². The van der Waals surface area contributed by atoms with E-state index in [1.54, 1.807) is 6.20 Å². The SMILES string of the molecule is Cc1ccccc1-n1ncc(Nc2cnccc2C(=O)O)c1C. The Balaban J connectivity index is 1.98. The van der Waals surface area contributed by atoms with Crippen LogP contribution in [0.2, 0.25) is 0 Å². The molecule has 0 saturated heterocycles. The fourth-order valence-corrected chi connectivity index (χ4v) is 2.40. The minimum atomic E-state index is -1.00. The van der Waals surface area contributed by atoms with Crippen molar-refractivity contribution >= 4 is 17.3 Å². The molecule has 2 aromatic heterocycles. The van der Waals surface area contributed by atoms with E-state index in [-0.39, 0.29) is 5.56 Å². The number of hydrogen-bond acceptors (Lipinski definition) is 4. The third-order valence-corrected chi connectivity index (χ3v) is 3.67. The van der Waals surface area contributed by atoms with Gasteiger partial charge in [-0.2, -0.15) is 5.10 Å². The second kappa shape index (κ2) is 5.92. The summed E-state index contributed by atoms with van der Waals surface area (Å²) in [5.74, 6) is -1.00. The summed E-state index contributed by atoms with van der Waals surface area (Å²) in [7, 11) is 0. The molecule has 116 valence electrons. The average Bonchev–Trinajstić information content (AvgIpc) is 2.89. The third kappa shape index (κ3) is 2.78. The molecule has 0 saturated carbocycles. The minimum absolute atomic E-state index is 0.169. The normalized spacial score (nSPS) is 10.5. The highest BCUT2D eigenvalue weighted by Gasteiger charge is 2.14. The van der Waals surface area contributed by atoms with Crippen molar-refractivity contribution in [2.24, 2.45) is 0 Å². The Bertz CT molecular complexity index is 871. The number of aromatic carboxylic acids is 1. The number of nitrogens with one attached hydrogen (secondary N) is 1. The van der Waals surface area contributed by atoms with Crippen LogP contribution < -0.4 is 5.32 Å². The fraction of sp³-hybridized carbons (Fsp3) is 0.118. The first-order valence-corrected chi connectivity index (χ1v) is 7.13. The first kappa shape index (κ1) is 14.8. The Morgan fingerprint density at radius 1 is 1.13 bits per heavy atom. The first-order chi connectivity index (χ1) is 11.1. The number of nitrogens with zero attached hydrogens (tertiary/aromatic N) is 3. The van der Waals surface area contributed by atoms with Crippen LogP contribution in [0.3, 0.4) is 0 Å². The van der Waals surface area contributed by atoms with Gasteiger partial charge in [-0.25, -0.2) is 9.48 Å². The molecule has 0 spiro atoms. The van der Waals surface area contributed by atoms with Gasteiger partial charge in [0.2, 0.25) is 0 Å². The molecule has 0 atom stereocenters. The predicted octanol–water partition coefficient (Wildman–Crippen LogP) is 3.33. The molecule has 0 bridgehead atoms. The zero-order valence-corrected chi connectivity index (χ0v) is 12.8. The topological polar surface area (TPSA) is 80.0 Å². The number of aryl methyl sites for hydroxylation is 1. The van der Waals surface area contributed by atoms with Crippen molar-refractivity contribution in [3.05, 3.63) is 65.7 Å². The molecule has 6 heteroatoms. The number of carboxylic acid groups (broad SMARTS) is 1. The standard InChI is InChI=1S/C17H16N4O2/c1-11-5-3-4-6-16(11)21-12(2)14(10-19-21)20-15-9-18-8-7-13(15)17(22)23/h3-10,20H,1-2H3,(H,22,23). The van der Waals surface area contributed by atoms with Gasteiger partial charge in [0.05, 0.1) is 40.7 Å². The van der Waals surface area contributed by atoms with E-state index in [2.05, 4.69) is 15.4 Å². The van der Waals surface area contributed by atoms with Gasteiger partial charge in [-0.3, -0.25) is 4.98 Å². The molecule has 0 aliphatic rings. The molecule has 3 aromatic rings. The molecule has 0 unspecified atom stereocenters. The summed E-state index contributed by atoms with van der Waals surface area (Å²) in [5.41, 5.74) is 4.33. The molecule has 0 radical (unpaired) electrons. The van der Waals surface area contributed by atoms with Gasteiger partial charge >= 0.3 is 5.97 Å². The fourth-order valence-electron chi connectivity index (χ4n) is 2.40. The van der Waals surface area contributed by atoms with Crippen molar-refractivity contribution in [3.8, 4) is 5.69 Å². The molecule has 2 heterocycles. The Hall–Kier alpha value is -3.15. The maximum Gasteiger partial charge on any atom is 0.337 e. The van der Waals surface area contributed by atoms with Crippen LogP contribution in [-0.4, -0.2) is 25.8 Å². The van der Waals surface area contributed by atoms with E-state index in [0.717, 1.165) is 22.6 Å². The van der Waals surface area contributed by atoms with Crippen LogP contribution in [-0.2, 0) is 0 Å². The number of benzene rings is 1. The Labute approximate surface area is 133 Å². The van der Waals surface area contributed by atoms with Crippen molar-refractivity contribution < 1.29 is 9.90 Å². The molecule has 6 nitrogen and oxygen atoms in total. The Kier molecular flexibility index (Phi) is 3.80. The largest absolute Gasteiger partial charge is 0.478 e. The van der Waals surface area contributed by atoms with E-state index >= 15 is 0 Å². The summed E-state index contributed by atoms with van der Waals surface area (Å²) in [5, 5.41) is 16.8. The number of pyridine rings is 1. The van der Waals surface area contributed by atoms with Gasteiger partial charge in [-0.05, 0) is 31.5 Å². The third-order valence-electron chi connectivity index (χ3n) is 3.67. The number of anilines is 2. The number of hydrogen-bond donors (Lipinski definition) is 2. The lowest BCUT2D eigenvalue weighted by Crippen LogP contribution is -2.04. The first-order valence-electron chi connectivity index (χ1n) is 7.13. The number of para-hydroxylation sites is 1. The molecule has 0 aliphatic heterocycles. The van der Waals surface area contributed by atoms with E-state index in [9.17, 15) is 9.90 Å². The van der Waals surface area contributed by atoms with Crippen LogP contribution in [0.15, 0.2) is 48.9 Å². The molecule has 23 heavy (non-hydrogen) atoms. The smallest absolute Gasteiger partial charge is 0.337 e. The van der Waals surface area contributed by atoms with E-state index in [1.165, 1.54) is 18.5 Å². The predicted molar refractivity (Wildman–Crippen MR) is 87.5 cm³/mol. The number of rotatable bonds is 4. The van der Waals surface area contributed by atoms with Gasteiger partial charge in [-0.15, -0.1) is 0 Å². The quantitative estimate of drug-likeness (QED) is 0.773. The second-order valence-corrected chi connectivity index (χ2v) is 5.19. The van der Waals surface area contributed by atoms with Crippen LogP contribution in [0.5, 0.6) is 0 Å². The molecule has 0 aliphatic carbocycles. The molecule has 0 amide bonds. The number of aromatic nitrogens is 3. The van der Waals surface area contributed by atoms with Crippen LogP contribution in [0.1, 0.15) is 21.6 Å². The molecular weight excluding hydrogens is 292 g/mol. The Morgan fingerprint density at radius 3 is 2.65 bits per heavy atom. The molecule has 3 rings (SSSR count). The van der Waals surface area contributed by atoms with Gasteiger partial charge < -0.3 is 10.4 Å². The van der Waals surface area contributed by atoms with Crippen molar-refractivity contribution in [2.75, 3.05) is 5.32 Å². The van der Waals surface area contributed by atoms with Gasteiger partial charge in [-0.1, -0.05) is 18.2 Å². The number of carboxylic acids is 1. The van der Waals surface area contributed by atoms with Crippen LogP contribution >= 0.6 is 0 Å². The van der Waals surface area contributed by atoms with Crippen LogP contribution in [0.4, 0.5) is 11.4 Å². The van der Waals surface area contributed by atoms with Gasteiger partial charge in [0, 0.05) is 6.20 Å². The van der Waals surface area contributed by atoms with Crippen molar-refractivity contribution in [2.45, 2.75) is 13.8 Å². The van der Waals surface area contributed by atoms with E-state index in [4.69, 9.17) is 0 Å². The summed E-state index contributed by atoms with van der Waals surface area (Å²) in [6.07, 6.45) is 4.63.